The molecule has 0 saturated carbocycles. The molecular formula is C19H22F3N5O4S. The number of thiazole rings is 1. The smallest absolute Gasteiger partial charge is 0.434 e. The minimum Gasteiger partial charge on any atom is -0.480 e. The van der Waals surface area contributed by atoms with Crippen molar-refractivity contribution in [1.82, 2.24) is 19.9 Å². The highest BCUT2D eigenvalue weighted by Crippen LogP contribution is 2.40. The van der Waals surface area contributed by atoms with Crippen molar-refractivity contribution in [2.24, 2.45) is 5.41 Å². The number of aromatic nitrogens is 3. The Balaban J connectivity index is 1.57. The van der Waals surface area contributed by atoms with Crippen LogP contribution < -0.4 is 14.8 Å². The fourth-order valence-corrected chi connectivity index (χ4v) is 5.05. The first-order valence-electron chi connectivity index (χ1n) is 9.86. The van der Waals surface area contributed by atoms with E-state index in [1.807, 2.05) is 4.90 Å². The molecule has 2 fully saturated rings. The maximum atomic E-state index is 13.7. The molecule has 0 bridgehead atoms. The van der Waals surface area contributed by atoms with E-state index in [0.29, 0.717) is 26.3 Å². The van der Waals surface area contributed by atoms with E-state index in [2.05, 4.69) is 20.3 Å². The van der Waals surface area contributed by atoms with E-state index in [0.717, 1.165) is 30.5 Å². The van der Waals surface area contributed by atoms with Crippen LogP contribution in [0.15, 0.2) is 6.33 Å². The molecule has 0 aliphatic carbocycles. The van der Waals surface area contributed by atoms with Crippen molar-refractivity contribution in [2.75, 3.05) is 45.8 Å². The highest BCUT2D eigenvalue weighted by molar-refractivity contribution is 7.15. The number of piperidine rings is 1. The first-order valence-corrected chi connectivity index (χ1v) is 10.7. The van der Waals surface area contributed by atoms with Crippen LogP contribution in [-0.2, 0) is 17.5 Å². The van der Waals surface area contributed by atoms with Gasteiger partial charge in [0.15, 0.2) is 16.4 Å². The average Bonchev–Trinajstić information content (AvgIpc) is 3.14. The molecule has 2 aliphatic rings. The minimum absolute atomic E-state index is 0.0405. The molecule has 9 nitrogen and oxygen atoms in total. The third kappa shape index (κ3) is 4.50. The fourth-order valence-electron chi connectivity index (χ4n) is 4.03. The van der Waals surface area contributed by atoms with E-state index in [9.17, 15) is 18.0 Å². The van der Waals surface area contributed by atoms with Crippen molar-refractivity contribution in [3.8, 4) is 11.8 Å². The maximum Gasteiger partial charge on any atom is 0.434 e. The number of likely N-dealkylation sites (tertiary alicyclic amines) is 1. The molecule has 0 aromatic carbocycles. The van der Waals surface area contributed by atoms with E-state index in [1.54, 1.807) is 0 Å². The number of amides is 1. The first kappa shape index (κ1) is 22.7. The number of nitrogens with one attached hydrogen (secondary N) is 1. The quantitative estimate of drug-likeness (QED) is 0.684. The van der Waals surface area contributed by atoms with Gasteiger partial charge in [-0.2, -0.15) is 13.2 Å². The lowest BCUT2D eigenvalue weighted by atomic mass is 9.78. The third-order valence-electron chi connectivity index (χ3n) is 5.50. The highest BCUT2D eigenvalue weighted by Gasteiger charge is 2.43. The van der Waals surface area contributed by atoms with Crippen LogP contribution in [0, 0.1) is 5.41 Å². The van der Waals surface area contributed by atoms with E-state index in [-0.39, 0.29) is 39.3 Å². The summed E-state index contributed by atoms with van der Waals surface area (Å²) in [7, 11) is 2.61. The van der Waals surface area contributed by atoms with Gasteiger partial charge in [0.25, 0.3) is 5.91 Å². The molecule has 1 N–H and O–H groups in total. The number of hydrogen-bond donors (Lipinski definition) is 1. The van der Waals surface area contributed by atoms with Crippen LogP contribution in [0.5, 0.6) is 11.8 Å². The Morgan fingerprint density at radius 2 is 1.97 bits per heavy atom. The van der Waals surface area contributed by atoms with Gasteiger partial charge in [0.1, 0.15) is 6.33 Å². The molecule has 4 heterocycles. The largest absolute Gasteiger partial charge is 0.480 e. The lowest BCUT2D eigenvalue weighted by Gasteiger charge is -2.48. The number of methoxy groups -OCH3 is 2. The molecule has 1 spiro atoms. The molecule has 1 amide bonds. The fraction of sp³-hybridized carbons (Fsp3) is 0.579. The van der Waals surface area contributed by atoms with Gasteiger partial charge in [0.2, 0.25) is 11.8 Å². The predicted molar refractivity (Wildman–Crippen MR) is 108 cm³/mol. The molecule has 13 heteroatoms. The van der Waals surface area contributed by atoms with Gasteiger partial charge in [-0.3, -0.25) is 15.0 Å². The molecular weight excluding hydrogens is 451 g/mol. The van der Waals surface area contributed by atoms with Gasteiger partial charge in [-0.1, -0.05) is 11.3 Å². The summed E-state index contributed by atoms with van der Waals surface area (Å²) in [6, 6.07) is 0. The van der Waals surface area contributed by atoms with Gasteiger partial charge < -0.3 is 14.2 Å². The van der Waals surface area contributed by atoms with Gasteiger partial charge in [-0.05, 0) is 19.4 Å². The molecule has 32 heavy (non-hydrogen) atoms. The molecule has 174 valence electrons. The van der Waals surface area contributed by atoms with Crippen molar-refractivity contribution in [3.63, 3.8) is 0 Å². The van der Waals surface area contributed by atoms with E-state index in [1.165, 1.54) is 14.2 Å². The monoisotopic (exact) mass is 473 g/mol. The van der Waals surface area contributed by atoms with Crippen molar-refractivity contribution in [1.29, 1.82) is 0 Å². The van der Waals surface area contributed by atoms with Gasteiger partial charge in [0, 0.05) is 18.5 Å². The number of halogens is 3. The van der Waals surface area contributed by atoms with E-state index >= 15 is 0 Å². The summed E-state index contributed by atoms with van der Waals surface area (Å²) in [6.07, 6.45) is -1.58. The predicted octanol–water partition coefficient (Wildman–Crippen LogP) is 2.83. The Kier molecular flexibility index (Phi) is 6.23. The lowest BCUT2D eigenvalue weighted by molar-refractivity contribution is -0.147. The Labute approximate surface area is 185 Å². The van der Waals surface area contributed by atoms with Gasteiger partial charge in [-0.15, -0.1) is 0 Å². The number of rotatable bonds is 6. The third-order valence-corrected chi connectivity index (χ3v) is 6.46. The SMILES string of the molecule is COc1ncnc(OC)c1C(=O)Nc1nc(C(F)(F)F)c(CN2CCCC3(COC3)C2)s1. The number of carbonyl (C=O) groups excluding carboxylic acids is 1. The zero-order valence-electron chi connectivity index (χ0n) is 17.5. The summed E-state index contributed by atoms with van der Waals surface area (Å²) < 4.78 is 56.5. The Bertz CT molecular complexity index is 974. The van der Waals surface area contributed by atoms with Crippen LogP contribution in [-0.4, -0.2) is 66.3 Å². The van der Waals surface area contributed by atoms with E-state index in [4.69, 9.17) is 14.2 Å². The number of nitrogens with zero attached hydrogens (tertiary/aromatic N) is 4. The Hall–Kier alpha value is -2.51. The first-order chi connectivity index (χ1) is 15.2. The summed E-state index contributed by atoms with van der Waals surface area (Å²) in [6.45, 7) is 2.77. The summed E-state index contributed by atoms with van der Waals surface area (Å²) in [5.41, 5.74) is -1.09. The van der Waals surface area contributed by atoms with Crippen LogP contribution in [0.3, 0.4) is 0 Å². The molecule has 0 radical (unpaired) electrons. The standard InChI is InChI=1S/C19H22F3N5O4S/c1-29-15-12(16(30-2)24-10-23-15)14(28)26-17-25-13(19(20,21)22)11(32-17)6-27-5-3-4-18(7-27)8-31-9-18/h10H,3-9H2,1-2H3,(H,25,26,28). The van der Waals surface area contributed by atoms with Gasteiger partial charge >= 0.3 is 6.18 Å². The summed E-state index contributed by atoms with van der Waals surface area (Å²) in [5.74, 6) is -0.913. The van der Waals surface area contributed by atoms with Crippen LogP contribution in [0.4, 0.5) is 18.3 Å². The number of alkyl halides is 3. The number of carbonyl (C=O) groups is 1. The molecule has 2 aromatic rings. The molecule has 0 atom stereocenters. The second-order valence-electron chi connectivity index (χ2n) is 7.82. The Morgan fingerprint density at radius 3 is 2.53 bits per heavy atom. The summed E-state index contributed by atoms with van der Waals surface area (Å²) >= 11 is 0.797. The average molecular weight is 473 g/mol. The van der Waals surface area contributed by atoms with Crippen LogP contribution >= 0.6 is 11.3 Å². The van der Waals surface area contributed by atoms with Crippen molar-refractivity contribution in [2.45, 2.75) is 25.6 Å². The van der Waals surface area contributed by atoms with Crippen molar-refractivity contribution in [3.05, 3.63) is 22.5 Å². The van der Waals surface area contributed by atoms with Crippen molar-refractivity contribution >= 4 is 22.4 Å². The topological polar surface area (TPSA) is 98.7 Å². The second-order valence-corrected chi connectivity index (χ2v) is 8.90. The number of anilines is 1. The molecule has 2 aliphatic heterocycles. The molecule has 4 rings (SSSR count). The van der Waals surface area contributed by atoms with Gasteiger partial charge in [0.05, 0.1) is 32.3 Å². The van der Waals surface area contributed by atoms with Crippen LogP contribution in [0.1, 0.15) is 33.8 Å². The van der Waals surface area contributed by atoms with E-state index < -0.39 is 17.8 Å². The van der Waals surface area contributed by atoms with Gasteiger partial charge in [-0.25, -0.2) is 15.0 Å². The molecule has 2 saturated heterocycles. The highest BCUT2D eigenvalue weighted by atomic mass is 32.1. The van der Waals surface area contributed by atoms with Crippen molar-refractivity contribution < 1.29 is 32.2 Å². The minimum atomic E-state index is -4.65. The summed E-state index contributed by atoms with van der Waals surface area (Å²) in [5, 5.41) is 2.23. The van der Waals surface area contributed by atoms with Crippen LogP contribution in [0.2, 0.25) is 0 Å². The number of ether oxygens (including phenoxy) is 3. The summed E-state index contributed by atoms with van der Waals surface area (Å²) in [4.78, 5) is 26.2. The Morgan fingerprint density at radius 1 is 1.28 bits per heavy atom. The lowest BCUT2D eigenvalue weighted by Crippen LogP contribution is -2.53. The maximum absolute atomic E-state index is 13.7. The normalized spacial score (nSPS) is 18.3. The molecule has 2 aromatic heterocycles. The zero-order valence-corrected chi connectivity index (χ0v) is 18.3. The number of hydrogen-bond acceptors (Lipinski definition) is 9. The second kappa shape index (κ2) is 8.79. The van der Waals surface area contributed by atoms with Crippen LogP contribution in [0.25, 0.3) is 0 Å². The molecule has 0 unspecified atom stereocenters. The zero-order chi connectivity index (χ0) is 22.9.